The zero-order valence-corrected chi connectivity index (χ0v) is 13.2. The molecule has 1 aliphatic rings. The smallest absolute Gasteiger partial charge is 0.322 e. The number of carbonyl (C=O) groups is 1. The third-order valence-electron chi connectivity index (χ3n) is 3.62. The number of hydrogen-bond donors (Lipinski definition) is 1. The Morgan fingerprint density at radius 3 is 3.00 bits per heavy atom. The average molecular weight is 333 g/mol. The summed E-state index contributed by atoms with van der Waals surface area (Å²) < 4.78 is 5.81. The van der Waals surface area contributed by atoms with Crippen molar-refractivity contribution >= 4 is 23.3 Å². The molecule has 2 amide bonds. The summed E-state index contributed by atoms with van der Waals surface area (Å²) >= 11 is 6.07. The van der Waals surface area contributed by atoms with Gasteiger partial charge >= 0.3 is 6.03 Å². The highest BCUT2D eigenvalue weighted by atomic mass is 35.5. The summed E-state index contributed by atoms with van der Waals surface area (Å²) in [6.07, 6.45) is 4.77. The molecule has 0 saturated carbocycles. The van der Waals surface area contributed by atoms with Crippen molar-refractivity contribution in [3.8, 4) is 5.88 Å². The van der Waals surface area contributed by atoms with Gasteiger partial charge in [0.05, 0.1) is 17.3 Å². The van der Waals surface area contributed by atoms with E-state index < -0.39 is 0 Å². The topological polar surface area (TPSA) is 67.4 Å². The molecule has 2 aromatic rings. The van der Waals surface area contributed by atoms with Gasteiger partial charge in [-0.1, -0.05) is 23.7 Å². The van der Waals surface area contributed by atoms with E-state index in [0.29, 0.717) is 29.7 Å². The van der Waals surface area contributed by atoms with Gasteiger partial charge < -0.3 is 15.0 Å². The maximum atomic E-state index is 12.4. The molecule has 1 saturated heterocycles. The van der Waals surface area contributed by atoms with Crippen LogP contribution in [-0.2, 0) is 0 Å². The summed E-state index contributed by atoms with van der Waals surface area (Å²) in [5.41, 5.74) is 0.609. The summed E-state index contributed by atoms with van der Waals surface area (Å²) in [4.78, 5) is 22.0. The summed E-state index contributed by atoms with van der Waals surface area (Å²) in [5, 5.41) is 3.36. The zero-order chi connectivity index (χ0) is 16.1. The van der Waals surface area contributed by atoms with E-state index in [4.69, 9.17) is 16.3 Å². The van der Waals surface area contributed by atoms with Crippen LogP contribution in [0.4, 0.5) is 10.5 Å². The molecule has 0 radical (unpaired) electrons. The summed E-state index contributed by atoms with van der Waals surface area (Å²) in [7, 11) is 0. The third kappa shape index (κ3) is 4.10. The molecule has 0 unspecified atom stereocenters. The first-order valence-corrected chi connectivity index (χ1v) is 7.83. The van der Waals surface area contributed by atoms with Gasteiger partial charge in [-0.05, 0) is 25.0 Å². The number of nitrogens with one attached hydrogen (secondary N) is 1. The number of halogens is 1. The molecule has 1 aromatic carbocycles. The molecule has 0 aliphatic carbocycles. The second-order valence-corrected chi connectivity index (χ2v) is 5.69. The molecule has 0 spiro atoms. The number of aromatic nitrogens is 2. The second kappa shape index (κ2) is 7.28. The molecule has 120 valence electrons. The van der Waals surface area contributed by atoms with Gasteiger partial charge in [0.1, 0.15) is 12.4 Å². The second-order valence-electron chi connectivity index (χ2n) is 5.29. The predicted octanol–water partition coefficient (Wildman–Crippen LogP) is 3.21. The molecule has 23 heavy (non-hydrogen) atoms. The van der Waals surface area contributed by atoms with Crippen LogP contribution in [0.15, 0.2) is 42.9 Å². The molecule has 0 bridgehead atoms. The molecular weight excluding hydrogens is 316 g/mol. The number of benzene rings is 1. The average Bonchev–Trinajstić information content (AvgIpc) is 2.58. The lowest BCUT2D eigenvalue weighted by Crippen LogP contribution is -2.46. The molecule has 6 nitrogen and oxygen atoms in total. The Kier molecular flexibility index (Phi) is 4.92. The number of piperidine rings is 1. The molecule has 1 atom stereocenters. The number of rotatable bonds is 3. The molecule has 2 heterocycles. The predicted molar refractivity (Wildman–Crippen MR) is 87.7 cm³/mol. The zero-order valence-electron chi connectivity index (χ0n) is 12.5. The normalized spacial score (nSPS) is 17.6. The minimum Gasteiger partial charge on any atom is -0.472 e. The van der Waals surface area contributed by atoms with Crippen LogP contribution in [0.1, 0.15) is 12.8 Å². The van der Waals surface area contributed by atoms with Crippen molar-refractivity contribution in [2.45, 2.75) is 18.9 Å². The minimum absolute atomic E-state index is 0.0735. The Balaban J connectivity index is 1.59. The van der Waals surface area contributed by atoms with E-state index in [9.17, 15) is 4.79 Å². The van der Waals surface area contributed by atoms with Crippen LogP contribution in [0.2, 0.25) is 5.02 Å². The van der Waals surface area contributed by atoms with Crippen LogP contribution in [0, 0.1) is 0 Å². The molecule has 1 fully saturated rings. The van der Waals surface area contributed by atoms with Gasteiger partial charge in [-0.3, -0.25) is 0 Å². The van der Waals surface area contributed by atoms with Crippen molar-refractivity contribution in [2.24, 2.45) is 0 Å². The first-order valence-electron chi connectivity index (χ1n) is 7.45. The summed E-state index contributed by atoms with van der Waals surface area (Å²) in [5.74, 6) is 0.526. The fourth-order valence-corrected chi connectivity index (χ4v) is 2.68. The van der Waals surface area contributed by atoms with Crippen molar-refractivity contribution in [1.82, 2.24) is 14.9 Å². The molecular formula is C16H17ClN4O2. The van der Waals surface area contributed by atoms with Gasteiger partial charge in [-0.2, -0.15) is 0 Å². The van der Waals surface area contributed by atoms with Crippen molar-refractivity contribution in [2.75, 3.05) is 18.4 Å². The van der Waals surface area contributed by atoms with Crippen LogP contribution in [-0.4, -0.2) is 40.1 Å². The van der Waals surface area contributed by atoms with Gasteiger partial charge in [-0.15, -0.1) is 0 Å². The van der Waals surface area contributed by atoms with Gasteiger partial charge in [0.2, 0.25) is 5.88 Å². The van der Waals surface area contributed by atoms with Crippen molar-refractivity contribution in [3.63, 3.8) is 0 Å². The number of anilines is 1. The Morgan fingerprint density at radius 2 is 2.22 bits per heavy atom. The number of carbonyl (C=O) groups excluding carboxylic acids is 1. The fourth-order valence-electron chi connectivity index (χ4n) is 2.49. The van der Waals surface area contributed by atoms with E-state index in [-0.39, 0.29) is 12.1 Å². The Labute approximate surface area is 139 Å². The molecule has 1 aromatic heterocycles. The highest BCUT2D eigenvalue weighted by Gasteiger charge is 2.25. The van der Waals surface area contributed by atoms with E-state index in [1.165, 1.54) is 6.33 Å². The highest BCUT2D eigenvalue weighted by molar-refractivity contribution is 6.33. The number of amides is 2. The lowest BCUT2D eigenvalue weighted by atomic mass is 10.1. The SMILES string of the molecule is O=C(Nc1ccccc1Cl)N1CCC[C@H](Oc2ccncn2)C1. The first kappa shape index (κ1) is 15.6. The van der Waals surface area contributed by atoms with Crippen LogP contribution in [0.25, 0.3) is 0 Å². The van der Waals surface area contributed by atoms with Crippen LogP contribution in [0.5, 0.6) is 5.88 Å². The van der Waals surface area contributed by atoms with Crippen LogP contribution >= 0.6 is 11.6 Å². The number of urea groups is 1. The van der Waals surface area contributed by atoms with E-state index in [0.717, 1.165) is 12.8 Å². The van der Waals surface area contributed by atoms with Crippen molar-refractivity contribution in [1.29, 1.82) is 0 Å². The Bertz CT molecular complexity index is 668. The number of hydrogen-bond acceptors (Lipinski definition) is 4. The monoisotopic (exact) mass is 332 g/mol. The Morgan fingerprint density at radius 1 is 1.35 bits per heavy atom. The summed E-state index contributed by atoms with van der Waals surface area (Å²) in [6, 6.07) is 8.72. The number of likely N-dealkylation sites (tertiary alicyclic amines) is 1. The van der Waals surface area contributed by atoms with Crippen LogP contribution in [0.3, 0.4) is 0 Å². The molecule has 1 N–H and O–H groups in total. The molecule has 7 heteroatoms. The fraction of sp³-hybridized carbons (Fsp3) is 0.312. The molecule has 1 aliphatic heterocycles. The van der Waals surface area contributed by atoms with E-state index in [1.807, 2.05) is 12.1 Å². The maximum absolute atomic E-state index is 12.4. The molecule has 3 rings (SSSR count). The number of nitrogens with zero attached hydrogens (tertiary/aromatic N) is 3. The number of ether oxygens (including phenoxy) is 1. The van der Waals surface area contributed by atoms with E-state index >= 15 is 0 Å². The van der Waals surface area contributed by atoms with Gasteiger partial charge in [0.25, 0.3) is 0 Å². The Hall–Kier alpha value is -2.34. The van der Waals surface area contributed by atoms with E-state index in [1.54, 1.807) is 29.3 Å². The van der Waals surface area contributed by atoms with Gasteiger partial charge in [-0.25, -0.2) is 14.8 Å². The van der Waals surface area contributed by atoms with Gasteiger partial charge in [0, 0.05) is 18.8 Å². The number of para-hydroxylation sites is 1. The lowest BCUT2D eigenvalue weighted by Gasteiger charge is -2.32. The minimum atomic E-state index is -0.172. The standard InChI is InChI=1S/C16H17ClN4O2/c17-13-5-1-2-6-14(13)20-16(22)21-9-3-4-12(10-21)23-15-7-8-18-11-19-15/h1-2,5-8,11-12H,3-4,9-10H2,(H,20,22)/t12-/m0/s1. The first-order chi connectivity index (χ1) is 11.2. The summed E-state index contributed by atoms with van der Waals surface area (Å²) in [6.45, 7) is 1.21. The lowest BCUT2D eigenvalue weighted by molar-refractivity contribution is 0.102. The largest absolute Gasteiger partial charge is 0.472 e. The van der Waals surface area contributed by atoms with Crippen molar-refractivity contribution in [3.05, 3.63) is 47.9 Å². The maximum Gasteiger partial charge on any atom is 0.322 e. The third-order valence-corrected chi connectivity index (χ3v) is 3.95. The highest BCUT2D eigenvalue weighted by Crippen LogP contribution is 2.22. The quantitative estimate of drug-likeness (QED) is 0.937. The van der Waals surface area contributed by atoms with E-state index in [2.05, 4.69) is 15.3 Å². The van der Waals surface area contributed by atoms with Crippen LogP contribution < -0.4 is 10.1 Å². The van der Waals surface area contributed by atoms with Gasteiger partial charge in [0.15, 0.2) is 0 Å². The van der Waals surface area contributed by atoms with Crippen molar-refractivity contribution < 1.29 is 9.53 Å².